The number of aromatic nitrogens is 2. The smallest absolute Gasteiger partial charge is 0.326 e. The largest absolute Gasteiger partial charge is 0.480 e. The van der Waals surface area contributed by atoms with E-state index in [-0.39, 0.29) is 22.0 Å². The lowest BCUT2D eigenvalue weighted by molar-refractivity contribution is -0.137. The summed E-state index contributed by atoms with van der Waals surface area (Å²) in [5.41, 5.74) is 2.51. The van der Waals surface area contributed by atoms with Gasteiger partial charge in [-0.05, 0) is 41.8 Å². The van der Waals surface area contributed by atoms with Crippen molar-refractivity contribution >= 4 is 46.6 Å². The highest BCUT2D eigenvalue weighted by Crippen LogP contribution is 2.24. The van der Waals surface area contributed by atoms with Crippen molar-refractivity contribution < 1.29 is 14.7 Å². The first-order valence-electron chi connectivity index (χ1n) is 9.51. The zero-order valence-corrected chi connectivity index (χ0v) is 18.1. The van der Waals surface area contributed by atoms with Crippen LogP contribution in [0.25, 0.3) is 0 Å². The number of pyridine rings is 2. The molecule has 0 bridgehead atoms. The molecule has 160 valence electrons. The average Bonchev–Trinajstić information content (AvgIpc) is 2.74. The van der Waals surface area contributed by atoms with Gasteiger partial charge in [0, 0.05) is 30.7 Å². The van der Waals surface area contributed by atoms with E-state index in [1.807, 2.05) is 19.1 Å². The number of benzene rings is 1. The van der Waals surface area contributed by atoms with Crippen molar-refractivity contribution in [2.45, 2.75) is 25.8 Å². The summed E-state index contributed by atoms with van der Waals surface area (Å²) in [6.45, 7) is 2.02. The summed E-state index contributed by atoms with van der Waals surface area (Å²) < 4.78 is 0. The molecular formula is C22H20Cl2N4O3. The Morgan fingerprint density at radius 2 is 1.74 bits per heavy atom. The average molecular weight is 459 g/mol. The minimum atomic E-state index is -0.983. The van der Waals surface area contributed by atoms with Gasteiger partial charge >= 0.3 is 5.97 Å². The Hall–Kier alpha value is -3.16. The molecule has 1 atom stereocenters. The lowest BCUT2D eigenvalue weighted by atomic mass is 10.1. The van der Waals surface area contributed by atoms with Gasteiger partial charge in [0.05, 0.1) is 15.6 Å². The van der Waals surface area contributed by atoms with Gasteiger partial charge in [0.25, 0.3) is 5.91 Å². The predicted molar refractivity (Wildman–Crippen MR) is 121 cm³/mol. The van der Waals surface area contributed by atoms with E-state index in [1.54, 1.807) is 30.5 Å². The Bertz CT molecular complexity index is 1070. The van der Waals surface area contributed by atoms with Crippen LogP contribution in [-0.4, -0.2) is 33.0 Å². The fourth-order valence-corrected chi connectivity index (χ4v) is 3.47. The standard InChI is InChI=1S/C22H20Cl2N4O3/c1-2-13-7-8-26-19(10-13)28-18(22(30)31)9-14-3-5-15(6-4-14)27-21(29)20-16(23)11-25-12-17(20)24/h3-8,10-12,18H,2,9H2,1H3,(H,26,28)(H,27,29)(H,30,31). The number of rotatable bonds is 8. The highest BCUT2D eigenvalue weighted by Gasteiger charge is 2.19. The molecule has 0 aliphatic rings. The normalized spacial score (nSPS) is 11.6. The van der Waals surface area contributed by atoms with Gasteiger partial charge in [-0.1, -0.05) is 42.3 Å². The van der Waals surface area contributed by atoms with Gasteiger partial charge in [0.2, 0.25) is 0 Å². The molecular weight excluding hydrogens is 439 g/mol. The highest BCUT2D eigenvalue weighted by molar-refractivity contribution is 6.40. The molecule has 31 heavy (non-hydrogen) atoms. The first-order valence-corrected chi connectivity index (χ1v) is 10.3. The van der Waals surface area contributed by atoms with Crippen LogP contribution in [0.3, 0.4) is 0 Å². The van der Waals surface area contributed by atoms with Gasteiger partial charge in [-0.25, -0.2) is 9.78 Å². The highest BCUT2D eigenvalue weighted by atomic mass is 35.5. The maximum Gasteiger partial charge on any atom is 0.326 e. The van der Waals surface area contributed by atoms with Gasteiger partial charge in [-0.2, -0.15) is 0 Å². The van der Waals surface area contributed by atoms with Gasteiger partial charge in [0.15, 0.2) is 0 Å². The zero-order valence-electron chi connectivity index (χ0n) is 16.6. The number of anilines is 2. The van der Waals surface area contributed by atoms with E-state index in [2.05, 4.69) is 20.6 Å². The first kappa shape index (κ1) is 22.5. The van der Waals surface area contributed by atoms with E-state index in [9.17, 15) is 14.7 Å². The monoisotopic (exact) mass is 458 g/mol. The number of aliphatic carboxylic acids is 1. The molecule has 0 aliphatic heterocycles. The summed E-state index contributed by atoms with van der Waals surface area (Å²) in [5, 5.41) is 15.6. The SMILES string of the molecule is CCc1ccnc(NC(Cc2ccc(NC(=O)c3c(Cl)cncc3Cl)cc2)C(=O)O)c1. The van der Waals surface area contributed by atoms with Crippen LogP contribution in [0.15, 0.2) is 55.0 Å². The van der Waals surface area contributed by atoms with E-state index < -0.39 is 17.9 Å². The number of carbonyl (C=O) groups excluding carboxylic acids is 1. The van der Waals surface area contributed by atoms with Gasteiger partial charge in [-0.3, -0.25) is 9.78 Å². The molecule has 0 saturated heterocycles. The molecule has 1 aromatic carbocycles. The quantitative estimate of drug-likeness (QED) is 0.451. The third-order valence-corrected chi connectivity index (χ3v) is 5.16. The zero-order chi connectivity index (χ0) is 22.4. The minimum Gasteiger partial charge on any atom is -0.480 e. The predicted octanol–water partition coefficient (Wildman–Crippen LogP) is 4.71. The van der Waals surface area contributed by atoms with E-state index in [4.69, 9.17) is 23.2 Å². The summed E-state index contributed by atoms with van der Waals surface area (Å²) in [5.74, 6) is -0.929. The Morgan fingerprint density at radius 3 is 2.35 bits per heavy atom. The van der Waals surface area contributed by atoms with Crippen LogP contribution in [0, 0.1) is 0 Å². The molecule has 3 aromatic rings. The molecule has 0 radical (unpaired) electrons. The number of nitrogens with zero attached hydrogens (tertiary/aromatic N) is 2. The van der Waals surface area contributed by atoms with Crippen molar-refractivity contribution in [2.75, 3.05) is 10.6 Å². The number of carboxylic acid groups (broad SMARTS) is 1. The molecule has 3 N–H and O–H groups in total. The summed E-state index contributed by atoms with van der Waals surface area (Å²) in [6.07, 6.45) is 5.41. The van der Waals surface area contributed by atoms with Crippen molar-refractivity contribution in [1.29, 1.82) is 0 Å². The fourth-order valence-electron chi connectivity index (χ4n) is 2.93. The molecule has 1 amide bonds. The third kappa shape index (κ3) is 5.93. The maximum atomic E-state index is 12.5. The summed E-state index contributed by atoms with van der Waals surface area (Å²) in [6, 6.07) is 9.74. The van der Waals surface area contributed by atoms with Gasteiger partial charge < -0.3 is 15.7 Å². The Balaban J connectivity index is 1.68. The van der Waals surface area contributed by atoms with Gasteiger partial charge in [0.1, 0.15) is 11.9 Å². The number of amides is 1. The molecule has 0 aliphatic carbocycles. The van der Waals surface area contributed by atoms with Gasteiger partial charge in [-0.15, -0.1) is 0 Å². The van der Waals surface area contributed by atoms with E-state index in [0.29, 0.717) is 11.5 Å². The second-order valence-corrected chi connectivity index (χ2v) is 7.59. The van der Waals surface area contributed by atoms with E-state index >= 15 is 0 Å². The Morgan fingerprint density at radius 1 is 1.06 bits per heavy atom. The lowest BCUT2D eigenvalue weighted by Gasteiger charge is -2.16. The van der Waals surface area contributed by atoms with Crippen molar-refractivity contribution in [3.63, 3.8) is 0 Å². The van der Waals surface area contributed by atoms with E-state index in [1.165, 1.54) is 12.4 Å². The molecule has 0 spiro atoms. The molecule has 2 heterocycles. The number of carbonyl (C=O) groups is 2. The van der Waals surface area contributed by atoms with Crippen molar-refractivity contribution in [3.05, 3.63) is 81.7 Å². The second kappa shape index (κ2) is 10.2. The topological polar surface area (TPSA) is 104 Å². The summed E-state index contributed by atoms with van der Waals surface area (Å²) in [7, 11) is 0. The molecule has 9 heteroatoms. The molecule has 0 saturated carbocycles. The van der Waals surface area contributed by atoms with Crippen LogP contribution in [-0.2, 0) is 17.6 Å². The molecule has 1 unspecified atom stereocenters. The van der Waals surface area contributed by atoms with Crippen LogP contribution in [0.1, 0.15) is 28.4 Å². The van der Waals surface area contributed by atoms with Crippen LogP contribution in [0.2, 0.25) is 10.0 Å². The molecule has 0 fully saturated rings. The fraction of sp³-hybridized carbons (Fsp3) is 0.182. The molecule has 3 rings (SSSR count). The number of carboxylic acids is 1. The first-order chi connectivity index (χ1) is 14.9. The summed E-state index contributed by atoms with van der Waals surface area (Å²) in [4.78, 5) is 32.2. The number of nitrogens with one attached hydrogen (secondary N) is 2. The Labute approximate surface area is 189 Å². The second-order valence-electron chi connectivity index (χ2n) is 6.77. The van der Waals surface area contributed by atoms with Crippen LogP contribution >= 0.6 is 23.2 Å². The molecule has 7 nitrogen and oxygen atoms in total. The van der Waals surface area contributed by atoms with E-state index in [0.717, 1.165) is 17.5 Å². The molecule has 2 aromatic heterocycles. The van der Waals surface area contributed by atoms with Crippen LogP contribution in [0.5, 0.6) is 0 Å². The Kier molecular flexibility index (Phi) is 7.44. The van der Waals surface area contributed by atoms with Crippen molar-refractivity contribution in [2.24, 2.45) is 0 Å². The van der Waals surface area contributed by atoms with Crippen molar-refractivity contribution in [1.82, 2.24) is 9.97 Å². The maximum absolute atomic E-state index is 12.5. The number of aryl methyl sites for hydroxylation is 1. The number of hydrogen-bond donors (Lipinski definition) is 3. The summed E-state index contributed by atoms with van der Waals surface area (Å²) >= 11 is 12.0. The van der Waals surface area contributed by atoms with Crippen LogP contribution in [0.4, 0.5) is 11.5 Å². The number of hydrogen-bond acceptors (Lipinski definition) is 5. The lowest BCUT2D eigenvalue weighted by Crippen LogP contribution is -2.31. The van der Waals surface area contributed by atoms with Crippen molar-refractivity contribution in [3.8, 4) is 0 Å². The number of halogens is 2. The third-order valence-electron chi connectivity index (χ3n) is 4.58. The van der Waals surface area contributed by atoms with Crippen LogP contribution < -0.4 is 10.6 Å². The minimum absolute atomic E-state index is 0.138.